The van der Waals surface area contributed by atoms with Crippen molar-refractivity contribution in [2.45, 2.75) is 63.6 Å². The van der Waals surface area contributed by atoms with E-state index < -0.39 is 6.17 Å². The van der Waals surface area contributed by atoms with Crippen LogP contribution in [-0.4, -0.2) is 55.2 Å². The summed E-state index contributed by atoms with van der Waals surface area (Å²) in [6.45, 7) is 1.47. The van der Waals surface area contributed by atoms with Gasteiger partial charge in [0.25, 0.3) is 0 Å². The van der Waals surface area contributed by atoms with Crippen LogP contribution in [0.25, 0.3) is 17.1 Å². The van der Waals surface area contributed by atoms with Gasteiger partial charge in [-0.2, -0.15) is 9.67 Å². The number of halogens is 1. The predicted octanol–water partition coefficient (Wildman–Crippen LogP) is 4.83. The highest BCUT2D eigenvalue weighted by Crippen LogP contribution is 2.32. The van der Waals surface area contributed by atoms with Crippen molar-refractivity contribution in [1.82, 2.24) is 29.9 Å². The number of rotatable bonds is 4. The summed E-state index contributed by atoms with van der Waals surface area (Å²) in [7, 11) is 0. The molecule has 8 nitrogen and oxygen atoms in total. The van der Waals surface area contributed by atoms with E-state index in [0.717, 1.165) is 74.0 Å². The topological polar surface area (TPSA) is 97.8 Å². The molecule has 0 spiro atoms. The summed E-state index contributed by atoms with van der Waals surface area (Å²) in [4.78, 5) is 6.81. The number of benzene rings is 2. The van der Waals surface area contributed by atoms with Crippen molar-refractivity contribution in [2.75, 3.05) is 24.1 Å². The number of anilines is 3. The minimum absolute atomic E-state index is 0.259. The minimum Gasteiger partial charge on any atom is -0.368 e. The van der Waals surface area contributed by atoms with Crippen molar-refractivity contribution in [2.24, 2.45) is 0 Å². The van der Waals surface area contributed by atoms with Gasteiger partial charge in [0.1, 0.15) is 6.17 Å². The number of nitrogens with zero attached hydrogens (tertiary/aromatic N) is 6. The van der Waals surface area contributed by atoms with Crippen molar-refractivity contribution in [3.8, 4) is 17.1 Å². The number of aromatic nitrogens is 5. The monoisotopic (exact) mass is 524 g/mol. The molecule has 0 bridgehead atoms. The molecule has 200 valence electrons. The van der Waals surface area contributed by atoms with Gasteiger partial charge in [0, 0.05) is 30.4 Å². The molecule has 0 saturated carbocycles. The van der Waals surface area contributed by atoms with Crippen LogP contribution in [0, 0.1) is 0 Å². The van der Waals surface area contributed by atoms with Gasteiger partial charge in [-0.1, -0.05) is 30.3 Å². The van der Waals surface area contributed by atoms with Crippen LogP contribution in [0.1, 0.15) is 47.9 Å². The van der Waals surface area contributed by atoms with E-state index in [9.17, 15) is 4.39 Å². The Labute approximate surface area is 227 Å². The van der Waals surface area contributed by atoms with Crippen molar-refractivity contribution >= 4 is 17.6 Å². The standard InChI is InChI=1S/C30H33FN8/c31-23-14-15-38(18-23)25-12-9-19-8-11-24(16-21(19)10-13-25)33-30-34-29(32)39(37-30)27-17-22-6-3-5-20-4-1-2-7-26(20)28(22)36-35-27/h1-2,4,7-8,11,16-17,23,25H,3,5-6,9-10,12-15,18H2,(H3,32,33,34,37)/t23-,25?/m0/s1. The Morgan fingerprint density at radius 1 is 0.872 bits per heavy atom. The fourth-order valence-corrected chi connectivity index (χ4v) is 6.46. The van der Waals surface area contributed by atoms with Crippen LogP contribution in [0.3, 0.4) is 0 Å². The number of nitrogen functional groups attached to an aromatic ring is 1. The zero-order chi connectivity index (χ0) is 26.3. The number of nitrogens with two attached hydrogens (primary N) is 1. The van der Waals surface area contributed by atoms with Crippen LogP contribution < -0.4 is 11.1 Å². The summed E-state index contributed by atoms with van der Waals surface area (Å²) in [5, 5.41) is 17.0. The summed E-state index contributed by atoms with van der Waals surface area (Å²) in [5.74, 6) is 1.25. The van der Waals surface area contributed by atoms with Crippen LogP contribution in [0.15, 0.2) is 48.5 Å². The second-order valence-electron chi connectivity index (χ2n) is 11.0. The molecule has 1 fully saturated rings. The lowest BCUT2D eigenvalue weighted by molar-refractivity contribution is 0.204. The fraction of sp³-hybridized carbons (Fsp3) is 0.400. The molecule has 3 N–H and O–H groups in total. The van der Waals surface area contributed by atoms with Gasteiger partial charge in [0.15, 0.2) is 5.82 Å². The molecule has 1 aliphatic heterocycles. The Hall–Kier alpha value is -3.85. The summed E-state index contributed by atoms with van der Waals surface area (Å²) < 4.78 is 15.3. The van der Waals surface area contributed by atoms with E-state index in [1.165, 1.54) is 16.7 Å². The number of fused-ring (bicyclic) bond motifs is 4. The fourth-order valence-electron chi connectivity index (χ4n) is 6.46. The molecule has 3 heterocycles. The lowest BCUT2D eigenvalue weighted by atomic mass is 10.0. The highest BCUT2D eigenvalue weighted by molar-refractivity contribution is 5.68. The highest BCUT2D eigenvalue weighted by Gasteiger charge is 2.29. The summed E-state index contributed by atoms with van der Waals surface area (Å²) in [6.07, 6.45) is 7.17. The Balaban J connectivity index is 1.09. The predicted molar refractivity (Wildman–Crippen MR) is 150 cm³/mol. The molecule has 2 aromatic heterocycles. The molecule has 0 amide bonds. The number of aryl methyl sites for hydroxylation is 4. The first-order chi connectivity index (χ1) is 19.1. The van der Waals surface area contributed by atoms with E-state index in [4.69, 9.17) is 5.73 Å². The van der Waals surface area contributed by atoms with Crippen LogP contribution in [0.5, 0.6) is 0 Å². The Morgan fingerprint density at radius 2 is 1.72 bits per heavy atom. The van der Waals surface area contributed by atoms with Crippen molar-refractivity contribution in [3.63, 3.8) is 0 Å². The average molecular weight is 525 g/mol. The number of nitrogens with one attached hydrogen (secondary N) is 1. The van der Waals surface area contributed by atoms with Gasteiger partial charge in [-0.25, -0.2) is 4.39 Å². The molecule has 7 rings (SSSR count). The molecule has 3 aliphatic rings. The smallest absolute Gasteiger partial charge is 0.248 e. The van der Waals surface area contributed by atoms with E-state index >= 15 is 0 Å². The molecule has 1 unspecified atom stereocenters. The summed E-state index contributed by atoms with van der Waals surface area (Å²) in [5.41, 5.74) is 14.5. The molecule has 2 atom stereocenters. The number of likely N-dealkylation sites (tertiary alicyclic amines) is 1. The molecule has 0 radical (unpaired) electrons. The summed E-state index contributed by atoms with van der Waals surface area (Å²) >= 11 is 0. The quantitative estimate of drug-likeness (QED) is 0.369. The third-order valence-electron chi connectivity index (χ3n) is 8.51. The number of hydrogen-bond donors (Lipinski definition) is 2. The molecular formula is C30H33FN8. The maximum absolute atomic E-state index is 13.8. The lowest BCUT2D eigenvalue weighted by Gasteiger charge is -2.25. The maximum atomic E-state index is 13.8. The third-order valence-corrected chi connectivity index (χ3v) is 8.51. The first-order valence-electron chi connectivity index (χ1n) is 14.1. The molecular weight excluding hydrogens is 491 g/mol. The zero-order valence-electron chi connectivity index (χ0n) is 22.0. The van der Waals surface area contributed by atoms with Crippen LogP contribution in [0.4, 0.5) is 22.0 Å². The zero-order valence-corrected chi connectivity index (χ0v) is 22.0. The SMILES string of the molecule is Nc1nc(Nc2ccc3c(c2)CCC(N2CC[C@H](F)C2)CC3)nn1-c1cc2c(nn1)-c1ccccc1CCC2. The molecule has 39 heavy (non-hydrogen) atoms. The third kappa shape index (κ3) is 4.76. The van der Waals surface area contributed by atoms with E-state index in [1.54, 1.807) is 4.68 Å². The molecule has 2 aromatic carbocycles. The van der Waals surface area contributed by atoms with Gasteiger partial charge in [-0.3, -0.25) is 4.90 Å². The van der Waals surface area contributed by atoms with E-state index in [0.29, 0.717) is 30.8 Å². The van der Waals surface area contributed by atoms with Gasteiger partial charge < -0.3 is 11.1 Å². The Bertz CT molecular complexity index is 1510. The summed E-state index contributed by atoms with van der Waals surface area (Å²) in [6, 6.07) is 17.4. The van der Waals surface area contributed by atoms with Gasteiger partial charge in [-0.15, -0.1) is 15.3 Å². The first-order valence-corrected chi connectivity index (χ1v) is 14.1. The normalized spacial score (nSPS) is 20.9. The van der Waals surface area contributed by atoms with Gasteiger partial charge in [0.05, 0.1) is 5.69 Å². The highest BCUT2D eigenvalue weighted by atomic mass is 19.1. The van der Waals surface area contributed by atoms with Crippen LogP contribution in [-0.2, 0) is 25.7 Å². The second-order valence-corrected chi connectivity index (χ2v) is 11.0. The Morgan fingerprint density at radius 3 is 2.59 bits per heavy atom. The van der Waals surface area contributed by atoms with Crippen LogP contribution >= 0.6 is 0 Å². The van der Waals surface area contributed by atoms with Crippen molar-refractivity contribution in [1.29, 1.82) is 0 Å². The number of alkyl halides is 1. The first kappa shape index (κ1) is 24.2. The average Bonchev–Trinajstić information content (AvgIpc) is 3.40. The Kier molecular flexibility index (Phi) is 6.23. The van der Waals surface area contributed by atoms with Gasteiger partial charge in [0.2, 0.25) is 11.9 Å². The second kappa shape index (κ2) is 10.0. The van der Waals surface area contributed by atoms with Gasteiger partial charge in [-0.05, 0) is 91.8 Å². The minimum atomic E-state index is -0.667. The van der Waals surface area contributed by atoms with Crippen molar-refractivity contribution in [3.05, 3.63) is 70.8 Å². The largest absolute Gasteiger partial charge is 0.368 e. The number of hydrogen-bond acceptors (Lipinski definition) is 7. The molecule has 9 heteroatoms. The lowest BCUT2D eigenvalue weighted by Crippen LogP contribution is -2.33. The van der Waals surface area contributed by atoms with Crippen LogP contribution in [0.2, 0.25) is 0 Å². The molecule has 4 aromatic rings. The van der Waals surface area contributed by atoms with Gasteiger partial charge >= 0.3 is 0 Å². The maximum Gasteiger partial charge on any atom is 0.248 e. The molecule has 2 aliphatic carbocycles. The van der Waals surface area contributed by atoms with E-state index in [1.807, 2.05) is 12.1 Å². The van der Waals surface area contributed by atoms with E-state index in [-0.39, 0.29) is 5.95 Å². The van der Waals surface area contributed by atoms with Crippen molar-refractivity contribution < 1.29 is 4.39 Å². The molecule has 1 saturated heterocycles. The van der Waals surface area contributed by atoms with E-state index in [2.05, 4.69) is 66.9 Å².